The van der Waals surface area contributed by atoms with E-state index >= 15 is 0 Å². The van der Waals surface area contributed by atoms with E-state index < -0.39 is 0 Å². The van der Waals surface area contributed by atoms with E-state index in [4.69, 9.17) is 10.5 Å². The van der Waals surface area contributed by atoms with Crippen molar-refractivity contribution in [3.05, 3.63) is 49.1 Å². The predicted octanol–water partition coefficient (Wildman–Crippen LogP) is 1.92. The second-order valence-electron chi connectivity index (χ2n) is 4.22. The molecule has 20 heavy (non-hydrogen) atoms. The van der Waals surface area contributed by atoms with Crippen LogP contribution in [-0.2, 0) is 0 Å². The number of ether oxygens (including phenoxy) is 1. The lowest BCUT2D eigenvalue weighted by Crippen LogP contribution is -1.97. The molecule has 0 saturated carbocycles. The Morgan fingerprint density at radius 1 is 1.15 bits per heavy atom. The second-order valence-corrected chi connectivity index (χ2v) is 4.22. The van der Waals surface area contributed by atoms with Gasteiger partial charge in [0.2, 0.25) is 0 Å². The fourth-order valence-corrected chi connectivity index (χ4v) is 1.80. The molecule has 100 valence electrons. The normalized spacial score (nSPS) is 10.4. The van der Waals surface area contributed by atoms with Crippen LogP contribution < -0.4 is 10.5 Å². The van der Waals surface area contributed by atoms with E-state index in [2.05, 4.69) is 15.1 Å². The first-order valence-corrected chi connectivity index (χ1v) is 6.03. The molecule has 2 N–H and O–H groups in total. The van der Waals surface area contributed by atoms with Crippen molar-refractivity contribution in [3.63, 3.8) is 0 Å². The van der Waals surface area contributed by atoms with Crippen LogP contribution in [0.25, 0.3) is 17.1 Å². The summed E-state index contributed by atoms with van der Waals surface area (Å²) in [6, 6.07) is 9.26. The summed E-state index contributed by atoms with van der Waals surface area (Å²) in [5, 5.41) is 4.42. The molecule has 0 unspecified atom stereocenters. The third kappa shape index (κ3) is 2.31. The monoisotopic (exact) mass is 267 g/mol. The zero-order valence-corrected chi connectivity index (χ0v) is 10.9. The highest BCUT2D eigenvalue weighted by atomic mass is 16.5. The molecule has 0 radical (unpaired) electrons. The fraction of sp³-hybridized carbons (Fsp3) is 0.0714. The van der Waals surface area contributed by atoms with Gasteiger partial charge in [-0.05, 0) is 24.3 Å². The third-order valence-corrected chi connectivity index (χ3v) is 2.86. The molecule has 0 bridgehead atoms. The molecule has 0 amide bonds. The minimum atomic E-state index is 0.632. The lowest BCUT2D eigenvalue weighted by molar-refractivity contribution is 0.412. The van der Waals surface area contributed by atoms with Gasteiger partial charge >= 0.3 is 0 Å². The SMILES string of the molecule is COc1cncc(-n2cnc(-c3ccc(N)cc3)n2)c1. The van der Waals surface area contributed by atoms with Crippen LogP contribution in [0.4, 0.5) is 5.69 Å². The van der Waals surface area contributed by atoms with Gasteiger partial charge < -0.3 is 10.5 Å². The molecule has 0 aliphatic heterocycles. The molecular formula is C14H13N5O. The van der Waals surface area contributed by atoms with Crippen LogP contribution in [0.2, 0.25) is 0 Å². The lowest BCUT2D eigenvalue weighted by atomic mass is 10.2. The number of benzene rings is 1. The average Bonchev–Trinajstić information content (AvgIpc) is 2.98. The summed E-state index contributed by atoms with van der Waals surface area (Å²) in [6.45, 7) is 0. The van der Waals surface area contributed by atoms with Crippen molar-refractivity contribution in [2.24, 2.45) is 0 Å². The van der Waals surface area contributed by atoms with Crippen LogP contribution >= 0.6 is 0 Å². The minimum absolute atomic E-state index is 0.632. The number of aromatic nitrogens is 4. The Kier molecular flexibility index (Phi) is 3.04. The van der Waals surface area contributed by atoms with E-state index in [-0.39, 0.29) is 0 Å². The number of methoxy groups -OCH3 is 1. The van der Waals surface area contributed by atoms with Gasteiger partial charge in [-0.1, -0.05) is 0 Å². The zero-order valence-electron chi connectivity index (χ0n) is 10.9. The van der Waals surface area contributed by atoms with Crippen LogP contribution in [-0.4, -0.2) is 26.9 Å². The van der Waals surface area contributed by atoms with Crippen LogP contribution in [0.1, 0.15) is 0 Å². The summed E-state index contributed by atoms with van der Waals surface area (Å²) < 4.78 is 6.80. The molecule has 0 saturated heterocycles. The fourth-order valence-electron chi connectivity index (χ4n) is 1.80. The summed E-state index contributed by atoms with van der Waals surface area (Å²) in [5.41, 5.74) is 8.08. The Hall–Kier alpha value is -2.89. The summed E-state index contributed by atoms with van der Waals surface area (Å²) in [7, 11) is 1.60. The van der Waals surface area contributed by atoms with Crippen LogP contribution in [0.3, 0.4) is 0 Å². The highest BCUT2D eigenvalue weighted by molar-refractivity contribution is 5.58. The maximum atomic E-state index is 5.66. The first-order valence-electron chi connectivity index (χ1n) is 6.03. The molecule has 3 aromatic rings. The standard InChI is InChI=1S/C14H13N5O/c1-20-13-6-12(7-16-8-13)19-9-17-14(18-19)10-2-4-11(15)5-3-10/h2-9H,15H2,1H3. The molecule has 0 spiro atoms. The first-order chi connectivity index (χ1) is 9.76. The summed E-state index contributed by atoms with van der Waals surface area (Å²) in [6.07, 6.45) is 4.98. The van der Waals surface area contributed by atoms with Crippen molar-refractivity contribution in [3.8, 4) is 22.8 Å². The van der Waals surface area contributed by atoms with Gasteiger partial charge in [-0.25, -0.2) is 9.67 Å². The highest BCUT2D eigenvalue weighted by Crippen LogP contribution is 2.18. The molecule has 3 rings (SSSR count). The minimum Gasteiger partial charge on any atom is -0.495 e. The van der Waals surface area contributed by atoms with E-state index in [9.17, 15) is 0 Å². The Bertz CT molecular complexity index is 720. The maximum absolute atomic E-state index is 5.66. The van der Waals surface area contributed by atoms with Gasteiger partial charge in [-0.3, -0.25) is 4.98 Å². The van der Waals surface area contributed by atoms with Crippen molar-refractivity contribution in [1.29, 1.82) is 0 Å². The van der Waals surface area contributed by atoms with Crippen molar-refractivity contribution in [1.82, 2.24) is 19.7 Å². The predicted molar refractivity (Wildman–Crippen MR) is 75.6 cm³/mol. The molecule has 0 fully saturated rings. The van der Waals surface area contributed by atoms with E-state index in [0.717, 1.165) is 11.3 Å². The van der Waals surface area contributed by atoms with E-state index in [1.807, 2.05) is 30.3 Å². The number of nitrogens with zero attached hydrogens (tertiary/aromatic N) is 4. The van der Waals surface area contributed by atoms with Crippen molar-refractivity contribution in [2.75, 3.05) is 12.8 Å². The number of pyridine rings is 1. The molecule has 6 nitrogen and oxygen atoms in total. The summed E-state index contributed by atoms with van der Waals surface area (Å²) in [5.74, 6) is 1.31. The van der Waals surface area contributed by atoms with Crippen LogP contribution in [0.5, 0.6) is 5.75 Å². The number of hydrogen-bond donors (Lipinski definition) is 1. The largest absolute Gasteiger partial charge is 0.495 e. The summed E-state index contributed by atoms with van der Waals surface area (Å²) in [4.78, 5) is 8.39. The van der Waals surface area contributed by atoms with Gasteiger partial charge in [0.15, 0.2) is 5.82 Å². The van der Waals surface area contributed by atoms with Crippen molar-refractivity contribution in [2.45, 2.75) is 0 Å². The molecule has 2 heterocycles. The Morgan fingerprint density at radius 2 is 1.95 bits per heavy atom. The molecule has 0 atom stereocenters. The maximum Gasteiger partial charge on any atom is 0.181 e. The molecular weight excluding hydrogens is 254 g/mol. The van der Waals surface area contributed by atoms with Gasteiger partial charge in [0.1, 0.15) is 12.1 Å². The number of nitrogens with two attached hydrogens (primary N) is 1. The highest BCUT2D eigenvalue weighted by Gasteiger charge is 2.06. The molecule has 0 aliphatic rings. The second kappa shape index (κ2) is 5.00. The summed E-state index contributed by atoms with van der Waals surface area (Å²) >= 11 is 0. The number of nitrogen functional groups attached to an aromatic ring is 1. The van der Waals surface area contributed by atoms with Crippen molar-refractivity contribution < 1.29 is 4.74 Å². The lowest BCUT2D eigenvalue weighted by Gasteiger charge is -2.02. The Balaban J connectivity index is 1.95. The Morgan fingerprint density at radius 3 is 2.70 bits per heavy atom. The number of rotatable bonds is 3. The van der Waals surface area contributed by atoms with Gasteiger partial charge in [0.05, 0.1) is 25.2 Å². The van der Waals surface area contributed by atoms with Gasteiger partial charge in [-0.15, -0.1) is 5.10 Å². The molecule has 1 aromatic carbocycles. The number of hydrogen-bond acceptors (Lipinski definition) is 5. The number of anilines is 1. The average molecular weight is 267 g/mol. The quantitative estimate of drug-likeness (QED) is 0.733. The van der Waals surface area contributed by atoms with Gasteiger partial charge in [0, 0.05) is 17.3 Å². The van der Waals surface area contributed by atoms with E-state index in [1.165, 1.54) is 0 Å². The Labute approximate surface area is 115 Å². The molecule has 2 aromatic heterocycles. The first kappa shape index (κ1) is 12.2. The van der Waals surface area contributed by atoms with Gasteiger partial charge in [-0.2, -0.15) is 0 Å². The van der Waals surface area contributed by atoms with Crippen molar-refractivity contribution >= 4 is 5.69 Å². The zero-order chi connectivity index (χ0) is 13.9. The van der Waals surface area contributed by atoms with Gasteiger partial charge in [0.25, 0.3) is 0 Å². The third-order valence-electron chi connectivity index (χ3n) is 2.86. The molecule has 0 aliphatic carbocycles. The van der Waals surface area contributed by atoms with E-state index in [0.29, 0.717) is 17.3 Å². The van der Waals surface area contributed by atoms with E-state index in [1.54, 1.807) is 30.5 Å². The smallest absolute Gasteiger partial charge is 0.181 e. The van der Waals surface area contributed by atoms with Crippen LogP contribution in [0.15, 0.2) is 49.1 Å². The molecule has 6 heteroatoms. The topological polar surface area (TPSA) is 78.8 Å². The van der Waals surface area contributed by atoms with Crippen LogP contribution in [0, 0.1) is 0 Å².